The molecule has 2 aromatic heterocycles. The highest BCUT2D eigenvalue weighted by Gasteiger charge is 2.15. The van der Waals surface area contributed by atoms with Crippen LogP contribution >= 0.6 is 23.7 Å². The molecule has 3 N–H and O–H groups in total. The van der Waals surface area contributed by atoms with Crippen LogP contribution in [0, 0.1) is 12.8 Å². The minimum Gasteiger partial charge on any atom is -0.351 e. The first kappa shape index (κ1) is 15.9. The first-order valence-electron chi connectivity index (χ1n) is 5.94. The van der Waals surface area contributed by atoms with Gasteiger partial charge in [-0.1, -0.05) is 6.92 Å². The number of aryl methyl sites for hydroxylation is 2. The van der Waals surface area contributed by atoms with Crippen LogP contribution < -0.4 is 11.1 Å². The van der Waals surface area contributed by atoms with Gasteiger partial charge < -0.3 is 11.1 Å². The summed E-state index contributed by atoms with van der Waals surface area (Å²) in [5.41, 5.74) is 6.48. The minimum absolute atomic E-state index is 0. The van der Waals surface area contributed by atoms with Gasteiger partial charge in [-0.3, -0.25) is 9.48 Å². The Kier molecular flexibility index (Phi) is 5.34. The molecule has 0 aliphatic rings. The van der Waals surface area contributed by atoms with Gasteiger partial charge in [0.05, 0.1) is 10.6 Å². The molecule has 7 heteroatoms. The lowest BCUT2D eigenvalue weighted by atomic mass is 10.2. The van der Waals surface area contributed by atoms with Crippen LogP contribution in [0.4, 0.5) is 0 Å². The highest BCUT2D eigenvalue weighted by Crippen LogP contribution is 2.27. The summed E-state index contributed by atoms with van der Waals surface area (Å²) in [4.78, 5) is 13.7. The van der Waals surface area contributed by atoms with E-state index in [9.17, 15) is 4.79 Å². The molecular weight excluding hydrogens is 284 g/mol. The number of carbonyl (C=O) groups is 1. The first-order chi connectivity index (χ1) is 8.52. The number of hydrogen-bond donors (Lipinski definition) is 2. The van der Waals surface area contributed by atoms with Crippen molar-refractivity contribution < 1.29 is 4.79 Å². The molecule has 1 atom stereocenters. The molecule has 0 saturated carbocycles. The molecule has 1 amide bonds. The van der Waals surface area contributed by atoms with Crippen LogP contribution in [0.5, 0.6) is 0 Å². The predicted molar refractivity (Wildman–Crippen MR) is 81.1 cm³/mol. The lowest BCUT2D eigenvalue weighted by Gasteiger charge is -2.08. The van der Waals surface area contributed by atoms with E-state index < -0.39 is 0 Å². The molecule has 2 heterocycles. The zero-order valence-corrected chi connectivity index (χ0v) is 12.9. The van der Waals surface area contributed by atoms with Crippen molar-refractivity contribution in [1.29, 1.82) is 0 Å². The average Bonchev–Trinajstić information content (AvgIpc) is 2.89. The Bertz CT molecular complexity index is 543. The van der Waals surface area contributed by atoms with E-state index in [1.54, 1.807) is 0 Å². The van der Waals surface area contributed by atoms with Crippen LogP contribution in [-0.2, 0) is 7.05 Å². The van der Waals surface area contributed by atoms with E-state index in [0.29, 0.717) is 19.0 Å². The van der Waals surface area contributed by atoms with Gasteiger partial charge in [0, 0.05) is 19.0 Å². The number of nitrogens with zero attached hydrogens (tertiary/aromatic N) is 2. The molecule has 0 radical (unpaired) electrons. The highest BCUT2D eigenvalue weighted by molar-refractivity contribution is 7.20. The Balaban J connectivity index is 0.00000180. The third kappa shape index (κ3) is 3.26. The summed E-state index contributed by atoms with van der Waals surface area (Å²) in [5, 5.41) is 8.27. The number of aromatic nitrogens is 2. The van der Waals surface area contributed by atoms with Gasteiger partial charge in [-0.2, -0.15) is 5.10 Å². The molecule has 0 aliphatic heterocycles. The number of carbonyl (C=O) groups excluding carboxylic acids is 1. The van der Waals surface area contributed by atoms with E-state index in [4.69, 9.17) is 5.73 Å². The fourth-order valence-electron chi connectivity index (χ4n) is 1.75. The SMILES string of the molecule is Cc1nn(C)c2sc(C(=O)NCC(C)CN)cc12.Cl. The maximum absolute atomic E-state index is 12.0. The molecule has 2 aromatic rings. The molecule has 0 fully saturated rings. The number of thiophene rings is 1. The second kappa shape index (κ2) is 6.36. The summed E-state index contributed by atoms with van der Waals surface area (Å²) in [7, 11) is 1.89. The van der Waals surface area contributed by atoms with E-state index in [-0.39, 0.29) is 18.3 Å². The van der Waals surface area contributed by atoms with Gasteiger partial charge in [-0.15, -0.1) is 23.7 Å². The Labute approximate surface area is 122 Å². The van der Waals surface area contributed by atoms with Gasteiger partial charge in [-0.05, 0) is 25.5 Å². The van der Waals surface area contributed by atoms with Gasteiger partial charge in [0.15, 0.2) is 0 Å². The van der Waals surface area contributed by atoms with Crippen molar-refractivity contribution in [2.45, 2.75) is 13.8 Å². The van der Waals surface area contributed by atoms with E-state index in [0.717, 1.165) is 20.8 Å². The Morgan fingerprint density at radius 1 is 1.63 bits per heavy atom. The second-order valence-corrected chi connectivity index (χ2v) is 5.62. The lowest BCUT2D eigenvalue weighted by molar-refractivity contribution is 0.0952. The highest BCUT2D eigenvalue weighted by atomic mass is 35.5. The Morgan fingerprint density at radius 3 is 2.89 bits per heavy atom. The zero-order chi connectivity index (χ0) is 13.3. The van der Waals surface area contributed by atoms with Crippen molar-refractivity contribution >= 4 is 39.9 Å². The molecule has 5 nitrogen and oxygen atoms in total. The molecule has 106 valence electrons. The van der Waals surface area contributed by atoms with Crippen molar-refractivity contribution in [3.63, 3.8) is 0 Å². The summed E-state index contributed by atoms with van der Waals surface area (Å²) in [6.45, 7) is 5.16. The molecule has 19 heavy (non-hydrogen) atoms. The van der Waals surface area contributed by atoms with Crippen molar-refractivity contribution in [3.05, 3.63) is 16.6 Å². The number of amides is 1. The number of nitrogens with one attached hydrogen (secondary N) is 1. The number of nitrogens with two attached hydrogens (primary N) is 1. The molecule has 0 saturated heterocycles. The van der Waals surface area contributed by atoms with E-state index in [1.807, 2.05) is 31.6 Å². The third-order valence-electron chi connectivity index (χ3n) is 2.93. The second-order valence-electron chi connectivity index (χ2n) is 4.59. The third-order valence-corrected chi connectivity index (χ3v) is 4.13. The molecule has 1 unspecified atom stereocenters. The lowest BCUT2D eigenvalue weighted by Crippen LogP contribution is -2.30. The molecule has 0 aliphatic carbocycles. The van der Waals surface area contributed by atoms with Crippen molar-refractivity contribution in [2.24, 2.45) is 18.7 Å². The standard InChI is InChI=1S/C12H18N4OS.ClH/c1-7(5-13)6-14-11(17)10-4-9-8(2)15-16(3)12(9)18-10;/h4,7H,5-6,13H2,1-3H3,(H,14,17);1H. The summed E-state index contributed by atoms with van der Waals surface area (Å²) < 4.78 is 1.81. The molecule has 0 bridgehead atoms. The van der Waals surface area contributed by atoms with Crippen LogP contribution in [0.1, 0.15) is 22.3 Å². The van der Waals surface area contributed by atoms with Crippen LogP contribution in [0.15, 0.2) is 6.07 Å². The van der Waals surface area contributed by atoms with Crippen molar-refractivity contribution in [1.82, 2.24) is 15.1 Å². The van der Waals surface area contributed by atoms with Gasteiger partial charge in [0.25, 0.3) is 5.91 Å². The smallest absolute Gasteiger partial charge is 0.261 e. The first-order valence-corrected chi connectivity index (χ1v) is 6.76. The normalized spacial score (nSPS) is 12.2. The fourth-order valence-corrected chi connectivity index (χ4v) is 2.79. The summed E-state index contributed by atoms with van der Waals surface area (Å²) in [5.74, 6) is 0.266. The topological polar surface area (TPSA) is 72.9 Å². The molecular formula is C12H19ClN4OS. The monoisotopic (exact) mass is 302 g/mol. The van der Waals surface area contributed by atoms with E-state index in [1.165, 1.54) is 11.3 Å². The van der Waals surface area contributed by atoms with Gasteiger partial charge in [-0.25, -0.2) is 0 Å². The summed E-state index contributed by atoms with van der Waals surface area (Å²) >= 11 is 1.47. The minimum atomic E-state index is -0.0316. The van der Waals surface area contributed by atoms with Gasteiger partial charge >= 0.3 is 0 Å². The Hall–Kier alpha value is -1.11. The van der Waals surface area contributed by atoms with E-state index in [2.05, 4.69) is 10.4 Å². The molecule has 2 rings (SSSR count). The molecule has 0 spiro atoms. The molecule has 0 aromatic carbocycles. The van der Waals surface area contributed by atoms with Crippen LogP contribution in [0.3, 0.4) is 0 Å². The van der Waals surface area contributed by atoms with E-state index >= 15 is 0 Å². The number of rotatable bonds is 4. The number of hydrogen-bond acceptors (Lipinski definition) is 4. The largest absolute Gasteiger partial charge is 0.351 e. The van der Waals surface area contributed by atoms with Crippen LogP contribution in [-0.4, -0.2) is 28.8 Å². The predicted octanol–water partition coefficient (Wildman–Crippen LogP) is 1.69. The Morgan fingerprint density at radius 2 is 2.32 bits per heavy atom. The summed E-state index contributed by atoms with van der Waals surface area (Å²) in [6, 6.07) is 1.91. The average molecular weight is 303 g/mol. The van der Waals surface area contributed by atoms with Crippen LogP contribution in [0.25, 0.3) is 10.2 Å². The number of fused-ring (bicyclic) bond motifs is 1. The van der Waals surface area contributed by atoms with Gasteiger partial charge in [0.1, 0.15) is 4.83 Å². The summed E-state index contributed by atoms with van der Waals surface area (Å²) in [6.07, 6.45) is 0. The van der Waals surface area contributed by atoms with Crippen LogP contribution in [0.2, 0.25) is 0 Å². The maximum Gasteiger partial charge on any atom is 0.261 e. The zero-order valence-electron chi connectivity index (χ0n) is 11.3. The van der Waals surface area contributed by atoms with Crippen molar-refractivity contribution in [2.75, 3.05) is 13.1 Å². The quantitative estimate of drug-likeness (QED) is 0.902. The van der Waals surface area contributed by atoms with Gasteiger partial charge in [0.2, 0.25) is 0 Å². The maximum atomic E-state index is 12.0. The van der Waals surface area contributed by atoms with Crippen molar-refractivity contribution in [3.8, 4) is 0 Å². The fraction of sp³-hybridized carbons (Fsp3) is 0.500. The number of halogens is 1.